The van der Waals surface area contributed by atoms with Gasteiger partial charge >= 0.3 is 5.97 Å². The second-order valence-corrected chi connectivity index (χ2v) is 8.63. The summed E-state index contributed by atoms with van der Waals surface area (Å²) in [7, 11) is -2.35. The lowest BCUT2D eigenvalue weighted by molar-refractivity contribution is -0.144. The van der Waals surface area contributed by atoms with Gasteiger partial charge in [0.15, 0.2) is 0 Å². The van der Waals surface area contributed by atoms with Crippen LogP contribution in [0, 0.1) is 6.92 Å². The molecule has 1 aromatic rings. The molecule has 122 valence electrons. The summed E-state index contributed by atoms with van der Waals surface area (Å²) in [6, 6.07) is 2.44. The van der Waals surface area contributed by atoms with Crippen LogP contribution in [-0.4, -0.2) is 60.8 Å². The molecule has 1 N–H and O–H groups in total. The highest BCUT2D eigenvalue weighted by Gasteiger charge is 2.41. The van der Waals surface area contributed by atoms with Gasteiger partial charge < -0.3 is 10.0 Å². The molecular formula is C13H18N2O5S2. The fraction of sp³-hybridized carbons (Fsp3) is 0.538. The number of nitrogens with zero attached hydrogens (tertiary/aromatic N) is 2. The van der Waals surface area contributed by atoms with E-state index in [1.807, 2.05) is 6.92 Å². The van der Waals surface area contributed by atoms with Crippen molar-refractivity contribution in [3.63, 3.8) is 0 Å². The van der Waals surface area contributed by atoms with Crippen molar-refractivity contribution in [2.75, 3.05) is 20.1 Å². The minimum Gasteiger partial charge on any atom is -0.480 e. The maximum Gasteiger partial charge on any atom is 0.323 e. The quantitative estimate of drug-likeness (QED) is 0.849. The summed E-state index contributed by atoms with van der Waals surface area (Å²) >= 11 is 1.17. The normalized spacial score (nSPS) is 19.3. The zero-order valence-electron chi connectivity index (χ0n) is 12.4. The van der Waals surface area contributed by atoms with Crippen molar-refractivity contribution < 1.29 is 23.1 Å². The number of carbonyl (C=O) groups excluding carboxylic acids is 1. The predicted molar refractivity (Wildman–Crippen MR) is 81.2 cm³/mol. The Balaban J connectivity index is 2.23. The number of amides is 1. The van der Waals surface area contributed by atoms with Crippen molar-refractivity contribution in [2.24, 2.45) is 0 Å². The van der Waals surface area contributed by atoms with Gasteiger partial charge in [-0.3, -0.25) is 9.59 Å². The molecule has 9 heteroatoms. The molecule has 0 aliphatic carbocycles. The molecule has 1 unspecified atom stereocenters. The van der Waals surface area contributed by atoms with E-state index in [9.17, 15) is 18.0 Å². The van der Waals surface area contributed by atoms with E-state index in [2.05, 4.69) is 0 Å². The average Bonchev–Trinajstić information content (AvgIpc) is 3.05. The molecule has 0 radical (unpaired) electrons. The maximum absolute atomic E-state index is 12.7. The zero-order chi connectivity index (χ0) is 16.5. The van der Waals surface area contributed by atoms with E-state index in [-0.39, 0.29) is 10.8 Å². The first-order valence-corrected chi connectivity index (χ1v) is 9.04. The highest BCUT2D eigenvalue weighted by atomic mass is 32.2. The van der Waals surface area contributed by atoms with Crippen LogP contribution in [0.15, 0.2) is 16.3 Å². The minimum absolute atomic E-state index is 0.214. The molecule has 1 atom stereocenters. The summed E-state index contributed by atoms with van der Waals surface area (Å²) in [5, 5.41) is 8.76. The summed E-state index contributed by atoms with van der Waals surface area (Å²) in [5.74, 6) is -1.60. The number of likely N-dealkylation sites (N-methyl/N-ethyl adjacent to an activating group) is 1. The summed E-state index contributed by atoms with van der Waals surface area (Å²) in [6.45, 7) is 1.65. The minimum atomic E-state index is -3.72. The van der Waals surface area contributed by atoms with Gasteiger partial charge in [-0.25, -0.2) is 8.42 Å². The summed E-state index contributed by atoms with van der Waals surface area (Å²) in [5.41, 5.74) is 0. The lowest BCUT2D eigenvalue weighted by Crippen LogP contribution is -2.47. The van der Waals surface area contributed by atoms with Gasteiger partial charge in [-0.05, 0) is 31.9 Å². The van der Waals surface area contributed by atoms with Gasteiger partial charge in [0.25, 0.3) is 10.0 Å². The van der Waals surface area contributed by atoms with Crippen molar-refractivity contribution in [2.45, 2.75) is 30.0 Å². The molecule has 22 heavy (non-hydrogen) atoms. The lowest BCUT2D eigenvalue weighted by Gasteiger charge is -2.26. The van der Waals surface area contributed by atoms with Crippen LogP contribution in [0.2, 0.25) is 0 Å². The Bertz CT molecular complexity index is 682. The summed E-state index contributed by atoms with van der Waals surface area (Å²) in [4.78, 5) is 25.0. The number of sulfonamides is 1. The zero-order valence-corrected chi connectivity index (χ0v) is 14.0. The molecule has 1 amide bonds. The smallest absolute Gasteiger partial charge is 0.323 e. The van der Waals surface area contributed by atoms with Gasteiger partial charge in [0, 0.05) is 18.5 Å². The average molecular weight is 346 g/mol. The SMILES string of the molecule is Cc1ccc(S(=O)(=O)N2CCCC2C(=O)N(C)CC(=O)O)s1. The Morgan fingerprint density at radius 2 is 2.14 bits per heavy atom. The first kappa shape index (κ1) is 16.9. The van der Waals surface area contributed by atoms with Crippen LogP contribution in [0.1, 0.15) is 17.7 Å². The van der Waals surface area contributed by atoms with Gasteiger partial charge in [0.05, 0.1) is 0 Å². The molecule has 0 aromatic carbocycles. The molecular weight excluding hydrogens is 328 g/mol. The fourth-order valence-electron chi connectivity index (χ4n) is 2.48. The number of carboxylic acids is 1. The number of hydrogen-bond acceptors (Lipinski definition) is 5. The molecule has 1 aliphatic rings. The van der Waals surface area contributed by atoms with Gasteiger partial charge in [0.1, 0.15) is 16.8 Å². The van der Waals surface area contributed by atoms with Crippen LogP contribution in [0.3, 0.4) is 0 Å². The number of thiophene rings is 1. The van der Waals surface area contributed by atoms with Crippen molar-refractivity contribution in [1.82, 2.24) is 9.21 Å². The molecule has 1 saturated heterocycles. The van der Waals surface area contributed by atoms with E-state index < -0.39 is 34.5 Å². The van der Waals surface area contributed by atoms with E-state index in [1.165, 1.54) is 28.8 Å². The first-order valence-electron chi connectivity index (χ1n) is 6.78. The van der Waals surface area contributed by atoms with E-state index in [0.29, 0.717) is 12.8 Å². The first-order chi connectivity index (χ1) is 10.2. The van der Waals surface area contributed by atoms with Gasteiger partial charge in [-0.1, -0.05) is 0 Å². The van der Waals surface area contributed by atoms with Gasteiger partial charge in [0.2, 0.25) is 5.91 Å². The monoisotopic (exact) mass is 346 g/mol. The number of aliphatic carboxylic acids is 1. The third kappa shape index (κ3) is 3.31. The highest BCUT2D eigenvalue weighted by molar-refractivity contribution is 7.91. The molecule has 0 saturated carbocycles. The Labute approximate surface area is 133 Å². The van der Waals surface area contributed by atoms with E-state index in [1.54, 1.807) is 6.07 Å². The lowest BCUT2D eigenvalue weighted by atomic mass is 10.2. The molecule has 0 spiro atoms. The van der Waals surface area contributed by atoms with Crippen LogP contribution in [0.5, 0.6) is 0 Å². The molecule has 2 heterocycles. The van der Waals surface area contributed by atoms with E-state index in [0.717, 1.165) is 9.78 Å². The maximum atomic E-state index is 12.7. The Morgan fingerprint density at radius 1 is 1.45 bits per heavy atom. The number of carboxylic acid groups (broad SMARTS) is 1. The van der Waals surface area contributed by atoms with Gasteiger partial charge in [-0.2, -0.15) is 4.31 Å². The standard InChI is InChI=1S/C13H18N2O5S2/c1-9-5-6-12(21-9)22(19,20)15-7-3-4-10(15)13(18)14(2)8-11(16)17/h5-6,10H,3-4,7-8H2,1-2H3,(H,16,17). The van der Waals surface area contributed by atoms with Gasteiger partial charge in [-0.15, -0.1) is 11.3 Å². The van der Waals surface area contributed by atoms with Crippen molar-refractivity contribution in [3.8, 4) is 0 Å². The van der Waals surface area contributed by atoms with Crippen LogP contribution in [-0.2, 0) is 19.6 Å². The van der Waals surface area contributed by atoms with Crippen LogP contribution >= 0.6 is 11.3 Å². The molecule has 1 aromatic heterocycles. The molecule has 2 rings (SSSR count). The Morgan fingerprint density at radius 3 is 2.68 bits per heavy atom. The Hall–Kier alpha value is -1.45. The van der Waals surface area contributed by atoms with Crippen LogP contribution < -0.4 is 0 Å². The van der Waals surface area contributed by atoms with Crippen molar-refractivity contribution >= 4 is 33.2 Å². The highest BCUT2D eigenvalue weighted by Crippen LogP contribution is 2.30. The number of aryl methyl sites for hydroxylation is 1. The third-order valence-electron chi connectivity index (χ3n) is 3.52. The number of rotatable bonds is 5. The van der Waals surface area contributed by atoms with Crippen LogP contribution in [0.4, 0.5) is 0 Å². The Kier molecular flexibility index (Phi) is 4.88. The second-order valence-electron chi connectivity index (χ2n) is 5.23. The predicted octanol–water partition coefficient (Wildman–Crippen LogP) is 0.753. The summed E-state index contributed by atoms with van der Waals surface area (Å²) < 4.78 is 26.7. The number of hydrogen-bond donors (Lipinski definition) is 1. The molecule has 7 nitrogen and oxygen atoms in total. The second kappa shape index (κ2) is 6.35. The third-order valence-corrected chi connectivity index (χ3v) is 6.89. The van der Waals surface area contributed by atoms with Crippen molar-refractivity contribution in [3.05, 3.63) is 17.0 Å². The van der Waals surface area contributed by atoms with Crippen LogP contribution in [0.25, 0.3) is 0 Å². The number of carbonyl (C=O) groups is 2. The van der Waals surface area contributed by atoms with Crippen molar-refractivity contribution in [1.29, 1.82) is 0 Å². The molecule has 1 aliphatic heterocycles. The largest absolute Gasteiger partial charge is 0.480 e. The molecule has 0 bridgehead atoms. The van der Waals surface area contributed by atoms with E-state index >= 15 is 0 Å². The topological polar surface area (TPSA) is 95.0 Å². The molecule has 1 fully saturated rings. The van der Waals surface area contributed by atoms with E-state index in [4.69, 9.17) is 5.11 Å². The fourth-order valence-corrected chi connectivity index (χ4v) is 5.54. The summed E-state index contributed by atoms with van der Waals surface area (Å²) in [6.07, 6.45) is 0.993.